The largest absolute Gasteiger partial charge is 0.414 e. The van der Waals surface area contributed by atoms with E-state index in [0.29, 0.717) is 5.31 Å². The van der Waals surface area contributed by atoms with Crippen LogP contribution in [0.25, 0.3) is 0 Å². The number of nitrogens with zero attached hydrogens (tertiary/aromatic N) is 1. The maximum atomic E-state index is 2.56. The highest BCUT2D eigenvalue weighted by molar-refractivity contribution is 6.45. The van der Waals surface area contributed by atoms with Crippen LogP contribution in [-0.2, 0) is 19.4 Å². The molecule has 0 aliphatic carbocycles. The molecule has 0 saturated heterocycles. The Morgan fingerprint density at radius 1 is 0.810 bits per heavy atom. The fourth-order valence-electron chi connectivity index (χ4n) is 3.26. The Morgan fingerprint density at radius 2 is 1.38 bits per heavy atom. The minimum atomic E-state index is 0.293. The Morgan fingerprint density at radius 3 is 2.10 bits per heavy atom. The molecule has 0 N–H and O–H groups in total. The zero-order valence-corrected chi connectivity index (χ0v) is 13.4. The summed E-state index contributed by atoms with van der Waals surface area (Å²) in [5, 5.41) is 0.293. The fourth-order valence-corrected chi connectivity index (χ4v) is 3.26. The van der Waals surface area contributed by atoms with Crippen molar-refractivity contribution in [3.8, 4) is 0 Å². The van der Waals surface area contributed by atoms with Crippen molar-refractivity contribution in [3.05, 3.63) is 65.2 Å². The summed E-state index contributed by atoms with van der Waals surface area (Å²) < 4.78 is 0. The van der Waals surface area contributed by atoms with Crippen LogP contribution >= 0.6 is 0 Å². The Kier molecular flexibility index (Phi) is 3.80. The van der Waals surface area contributed by atoms with Gasteiger partial charge in [0.25, 0.3) is 0 Å². The van der Waals surface area contributed by atoms with Gasteiger partial charge in [-0.15, -0.1) is 0 Å². The van der Waals surface area contributed by atoms with Crippen molar-refractivity contribution in [2.45, 2.75) is 45.5 Å². The molecule has 2 aromatic carbocycles. The molecule has 2 aromatic rings. The van der Waals surface area contributed by atoms with Gasteiger partial charge in [-0.25, -0.2) is 0 Å². The van der Waals surface area contributed by atoms with Gasteiger partial charge in [-0.05, 0) is 40.9 Å². The van der Waals surface area contributed by atoms with Gasteiger partial charge in [0.05, 0.1) is 0 Å². The molecule has 1 nitrogen and oxygen atoms in total. The highest BCUT2D eigenvalue weighted by Gasteiger charge is 2.23. The lowest BCUT2D eigenvalue weighted by Crippen LogP contribution is -2.34. The third-order valence-corrected chi connectivity index (χ3v) is 4.14. The minimum absolute atomic E-state index is 0.293. The second-order valence-corrected chi connectivity index (χ2v) is 7.31. The van der Waals surface area contributed by atoms with Crippen LogP contribution in [0, 0.1) is 0 Å². The van der Waals surface area contributed by atoms with E-state index in [9.17, 15) is 0 Å². The average Bonchev–Trinajstić information content (AvgIpc) is 2.43. The van der Waals surface area contributed by atoms with Gasteiger partial charge in [0, 0.05) is 12.2 Å². The van der Waals surface area contributed by atoms with Gasteiger partial charge in [-0.2, -0.15) is 0 Å². The molecule has 0 atom stereocenters. The number of fused-ring (bicyclic) bond motifs is 2. The van der Waals surface area contributed by atoms with E-state index < -0.39 is 0 Å². The van der Waals surface area contributed by atoms with Crippen molar-refractivity contribution in [1.82, 2.24) is 0 Å². The molecule has 0 aromatic heterocycles. The third-order valence-electron chi connectivity index (χ3n) is 4.14. The highest BCUT2D eigenvalue weighted by atomic mass is 15.1. The van der Waals surface area contributed by atoms with Crippen LogP contribution in [0.4, 0.5) is 5.69 Å². The van der Waals surface area contributed by atoms with Crippen LogP contribution in [0.1, 0.15) is 37.5 Å². The van der Waals surface area contributed by atoms with Gasteiger partial charge >= 0.3 is 0 Å². The summed E-state index contributed by atoms with van der Waals surface area (Å²) in [6, 6.07) is 17.8. The Hall–Kier alpha value is -1.70. The second kappa shape index (κ2) is 5.59. The minimum Gasteiger partial charge on any atom is -0.414 e. The van der Waals surface area contributed by atoms with Crippen molar-refractivity contribution in [2.75, 3.05) is 4.81 Å². The molecule has 0 unspecified atom stereocenters. The lowest BCUT2D eigenvalue weighted by atomic mass is 9.62. The number of anilines is 1. The van der Waals surface area contributed by atoms with E-state index in [2.05, 4.69) is 74.1 Å². The van der Waals surface area contributed by atoms with E-state index in [1.807, 2.05) is 0 Å². The van der Waals surface area contributed by atoms with E-state index in [-0.39, 0.29) is 0 Å². The lowest BCUT2D eigenvalue weighted by Gasteiger charge is -2.34. The summed E-state index contributed by atoms with van der Waals surface area (Å²) in [4.78, 5) is 2.56. The van der Waals surface area contributed by atoms with Crippen molar-refractivity contribution < 1.29 is 0 Å². The zero-order valence-electron chi connectivity index (χ0n) is 13.4. The van der Waals surface area contributed by atoms with Crippen LogP contribution in [0.3, 0.4) is 0 Å². The first-order valence-corrected chi connectivity index (χ1v) is 7.92. The first-order valence-electron chi connectivity index (χ1n) is 7.92. The topological polar surface area (TPSA) is 3.24 Å². The van der Waals surface area contributed by atoms with Crippen molar-refractivity contribution in [1.29, 1.82) is 0 Å². The quantitative estimate of drug-likeness (QED) is 0.700. The molecule has 0 radical (unpaired) electrons. The van der Waals surface area contributed by atoms with Crippen molar-refractivity contribution >= 4 is 13.1 Å². The van der Waals surface area contributed by atoms with Crippen LogP contribution in [-0.4, -0.2) is 7.41 Å². The van der Waals surface area contributed by atoms with Crippen LogP contribution < -0.4 is 4.81 Å². The highest BCUT2D eigenvalue weighted by Crippen LogP contribution is 2.31. The maximum Gasteiger partial charge on any atom is 0.242 e. The molecule has 0 spiro atoms. The summed E-state index contributed by atoms with van der Waals surface area (Å²) >= 11 is 0. The number of rotatable bonds is 1. The van der Waals surface area contributed by atoms with E-state index in [1.165, 1.54) is 22.4 Å². The van der Waals surface area contributed by atoms with Gasteiger partial charge in [0.15, 0.2) is 0 Å². The molecule has 108 valence electrons. The smallest absolute Gasteiger partial charge is 0.242 e. The van der Waals surface area contributed by atoms with Gasteiger partial charge in [-0.3, -0.25) is 0 Å². The molecule has 0 saturated carbocycles. The zero-order chi connectivity index (χ0) is 14.9. The fraction of sp³-hybridized carbons (Fsp3) is 0.368. The van der Waals surface area contributed by atoms with E-state index in [1.54, 1.807) is 0 Å². The molecular formula is C19H24BN. The van der Waals surface area contributed by atoms with Crippen LogP contribution in [0.5, 0.6) is 0 Å². The second-order valence-electron chi connectivity index (χ2n) is 7.31. The molecule has 0 amide bonds. The Labute approximate surface area is 129 Å². The number of aryl methyl sites for hydroxylation is 2. The first-order chi connectivity index (χ1) is 10.0. The maximum absolute atomic E-state index is 2.56. The van der Waals surface area contributed by atoms with Gasteiger partial charge in [0.2, 0.25) is 7.41 Å². The van der Waals surface area contributed by atoms with Crippen molar-refractivity contribution in [3.63, 3.8) is 0 Å². The molecule has 0 fully saturated rings. The SMILES string of the molecule is CC(C)(C)BN1Cc2ccccc2CCc2ccccc21. The molecule has 3 rings (SSSR count). The monoisotopic (exact) mass is 277 g/mol. The number of para-hydroxylation sites is 1. The molecular weight excluding hydrogens is 253 g/mol. The Balaban J connectivity index is 2.02. The summed E-state index contributed by atoms with van der Waals surface area (Å²) in [5.41, 5.74) is 5.89. The Bertz CT molecular complexity index is 627. The standard InChI is InChI=1S/C19H24BN/c1-19(2,3)20-21-14-17-10-5-4-8-15(17)12-13-16-9-6-7-11-18(16)21/h4-11,20H,12-14H2,1-3H3. The summed E-state index contributed by atoms with van der Waals surface area (Å²) in [6.07, 6.45) is 2.28. The summed E-state index contributed by atoms with van der Waals surface area (Å²) in [6.45, 7) is 7.98. The predicted octanol–water partition coefficient (Wildman–Crippen LogP) is 4.36. The van der Waals surface area contributed by atoms with Crippen LogP contribution in [0.15, 0.2) is 48.5 Å². The molecule has 2 heteroatoms. The van der Waals surface area contributed by atoms with Gasteiger partial charge in [-0.1, -0.05) is 63.2 Å². The molecule has 0 bridgehead atoms. The van der Waals surface area contributed by atoms with Gasteiger partial charge < -0.3 is 4.81 Å². The number of benzene rings is 2. The normalized spacial score (nSPS) is 14.7. The van der Waals surface area contributed by atoms with Crippen LogP contribution in [0.2, 0.25) is 5.31 Å². The number of hydrogen-bond donors (Lipinski definition) is 0. The molecule has 1 aliphatic rings. The number of hydrogen-bond acceptors (Lipinski definition) is 1. The summed E-state index contributed by atoms with van der Waals surface area (Å²) in [7, 11) is 1.08. The van der Waals surface area contributed by atoms with E-state index in [4.69, 9.17) is 0 Å². The lowest BCUT2D eigenvalue weighted by molar-refractivity contribution is 0.737. The molecule has 1 aliphatic heterocycles. The van der Waals surface area contributed by atoms with E-state index >= 15 is 0 Å². The average molecular weight is 277 g/mol. The molecule has 1 heterocycles. The van der Waals surface area contributed by atoms with Gasteiger partial charge in [0.1, 0.15) is 0 Å². The molecule has 21 heavy (non-hydrogen) atoms. The van der Waals surface area contributed by atoms with E-state index in [0.717, 1.165) is 26.8 Å². The first kappa shape index (κ1) is 14.3. The third kappa shape index (κ3) is 3.32. The van der Waals surface area contributed by atoms with Crippen molar-refractivity contribution in [2.24, 2.45) is 0 Å². The summed E-state index contributed by atoms with van der Waals surface area (Å²) in [5.74, 6) is 0. The predicted molar refractivity (Wildman–Crippen MR) is 93.3 cm³/mol.